The molecule has 1 aromatic carbocycles. The molecule has 2 unspecified atom stereocenters. The van der Waals surface area contributed by atoms with Gasteiger partial charge in [-0.05, 0) is 37.3 Å². The molecule has 170 valence electrons. The molecular weight excluding hydrogens is 394 g/mol. The summed E-state index contributed by atoms with van der Waals surface area (Å²) in [4.78, 5) is 28.9. The monoisotopic (exact) mass is 429 g/mol. The summed E-state index contributed by atoms with van der Waals surface area (Å²) in [5.74, 6) is 0.247. The van der Waals surface area contributed by atoms with Crippen molar-refractivity contribution in [1.29, 1.82) is 0 Å². The molecule has 7 heteroatoms. The molecule has 1 aliphatic carbocycles. The number of hydrogen-bond acceptors (Lipinski definition) is 5. The van der Waals surface area contributed by atoms with Crippen molar-refractivity contribution in [3.8, 4) is 0 Å². The summed E-state index contributed by atoms with van der Waals surface area (Å²) < 4.78 is 5.82. The molecule has 0 bridgehead atoms. The molecular formula is C24H35N3O4. The largest absolute Gasteiger partial charge is 0.437 e. The van der Waals surface area contributed by atoms with Gasteiger partial charge in [-0.2, -0.15) is 0 Å². The van der Waals surface area contributed by atoms with Crippen LogP contribution < -0.4 is 10.6 Å². The molecule has 0 saturated heterocycles. The van der Waals surface area contributed by atoms with Gasteiger partial charge in [-0.3, -0.25) is 9.59 Å². The summed E-state index contributed by atoms with van der Waals surface area (Å²) in [6.07, 6.45) is 7.88. The molecule has 7 nitrogen and oxygen atoms in total. The Kier molecular flexibility index (Phi) is 8.07. The van der Waals surface area contributed by atoms with E-state index in [4.69, 9.17) is 4.42 Å². The molecule has 31 heavy (non-hydrogen) atoms. The number of hydrogen-bond donors (Lipinski definition) is 3. The Hall–Kier alpha value is -2.41. The molecule has 2 aromatic rings. The van der Waals surface area contributed by atoms with E-state index in [9.17, 15) is 14.7 Å². The predicted molar refractivity (Wildman–Crippen MR) is 119 cm³/mol. The zero-order valence-electron chi connectivity index (χ0n) is 18.7. The molecule has 1 aromatic heterocycles. The van der Waals surface area contributed by atoms with Crippen molar-refractivity contribution in [3.05, 3.63) is 30.2 Å². The number of nitrogens with zero attached hydrogens (tertiary/aromatic N) is 1. The van der Waals surface area contributed by atoms with Crippen molar-refractivity contribution >= 4 is 22.9 Å². The van der Waals surface area contributed by atoms with Crippen LogP contribution in [0.15, 0.2) is 28.7 Å². The zero-order valence-corrected chi connectivity index (χ0v) is 18.7. The number of nitrogens with one attached hydrogen (secondary N) is 2. The van der Waals surface area contributed by atoms with Crippen LogP contribution in [0.5, 0.6) is 0 Å². The van der Waals surface area contributed by atoms with Gasteiger partial charge in [0.25, 0.3) is 0 Å². The highest BCUT2D eigenvalue weighted by Crippen LogP contribution is 2.30. The van der Waals surface area contributed by atoms with E-state index in [1.54, 1.807) is 0 Å². The summed E-state index contributed by atoms with van der Waals surface area (Å²) in [6.45, 7) is 3.56. The van der Waals surface area contributed by atoms with Gasteiger partial charge < -0.3 is 20.2 Å². The average Bonchev–Trinajstić information content (AvgIpc) is 3.21. The maximum absolute atomic E-state index is 12.8. The second kappa shape index (κ2) is 10.8. The van der Waals surface area contributed by atoms with Crippen LogP contribution in [0.4, 0.5) is 0 Å². The van der Waals surface area contributed by atoms with Gasteiger partial charge in [0.1, 0.15) is 5.52 Å². The molecule has 1 saturated carbocycles. The van der Waals surface area contributed by atoms with Gasteiger partial charge in [-0.1, -0.05) is 51.2 Å². The van der Waals surface area contributed by atoms with Crippen LogP contribution in [0.1, 0.15) is 77.5 Å². The van der Waals surface area contributed by atoms with Gasteiger partial charge in [0.2, 0.25) is 17.7 Å². The lowest BCUT2D eigenvalue weighted by atomic mass is 9.82. The predicted octanol–water partition coefficient (Wildman–Crippen LogP) is 3.80. The Morgan fingerprint density at radius 2 is 2.00 bits per heavy atom. The first kappa shape index (κ1) is 23.3. The average molecular weight is 430 g/mol. The van der Waals surface area contributed by atoms with Gasteiger partial charge in [0.05, 0.1) is 6.54 Å². The van der Waals surface area contributed by atoms with Crippen LogP contribution in [0.25, 0.3) is 11.1 Å². The van der Waals surface area contributed by atoms with E-state index in [1.807, 2.05) is 31.2 Å². The molecule has 3 N–H and O–H groups in total. The van der Waals surface area contributed by atoms with Crippen LogP contribution in [-0.4, -0.2) is 34.5 Å². The minimum absolute atomic E-state index is 0.0239. The molecule has 3 rings (SSSR count). The summed E-state index contributed by atoms with van der Waals surface area (Å²) in [7, 11) is 0. The number of carbonyl (C=O) groups excluding carboxylic acids is 2. The van der Waals surface area contributed by atoms with Crippen molar-refractivity contribution in [2.45, 2.75) is 83.3 Å². The third kappa shape index (κ3) is 6.29. The first-order valence-electron chi connectivity index (χ1n) is 11.5. The number of benzene rings is 1. The number of fused-ring (bicyclic) bond motifs is 1. The van der Waals surface area contributed by atoms with Crippen molar-refractivity contribution in [2.24, 2.45) is 5.92 Å². The van der Waals surface area contributed by atoms with E-state index < -0.39 is 5.60 Å². The summed E-state index contributed by atoms with van der Waals surface area (Å²) in [5.41, 5.74) is -0.0810. The standard InChI is InChI=1S/C24H35N3O4/c1-3-4-14-24(30,23-27-19-12-8-9-13-21(19)31-23)16-25-22(29)15-20(26-17(2)28)18-10-6-5-7-11-18/h8-9,12-13,18,20,30H,3-7,10-11,14-16H2,1-2H3,(H,25,29)(H,26,28). The highest BCUT2D eigenvalue weighted by atomic mass is 16.4. The van der Waals surface area contributed by atoms with Gasteiger partial charge in [-0.25, -0.2) is 4.98 Å². The topological polar surface area (TPSA) is 104 Å². The number of oxazole rings is 1. The summed E-state index contributed by atoms with van der Waals surface area (Å²) in [6, 6.07) is 7.20. The third-order valence-electron chi connectivity index (χ3n) is 6.23. The van der Waals surface area contributed by atoms with E-state index in [2.05, 4.69) is 15.6 Å². The molecule has 0 radical (unpaired) electrons. The Bertz CT molecular complexity index is 842. The number of amides is 2. The lowest BCUT2D eigenvalue weighted by Crippen LogP contribution is -2.46. The zero-order chi connectivity index (χ0) is 22.3. The lowest BCUT2D eigenvalue weighted by Gasteiger charge is -2.31. The summed E-state index contributed by atoms with van der Waals surface area (Å²) >= 11 is 0. The molecule has 2 atom stereocenters. The fourth-order valence-electron chi connectivity index (χ4n) is 4.46. The third-order valence-corrected chi connectivity index (χ3v) is 6.23. The Balaban J connectivity index is 1.67. The van der Waals surface area contributed by atoms with Gasteiger partial charge in [0.15, 0.2) is 11.2 Å². The van der Waals surface area contributed by atoms with Crippen molar-refractivity contribution in [2.75, 3.05) is 6.54 Å². The van der Waals surface area contributed by atoms with Crippen molar-refractivity contribution in [1.82, 2.24) is 15.6 Å². The highest BCUT2D eigenvalue weighted by molar-refractivity contribution is 5.79. The van der Waals surface area contributed by atoms with E-state index >= 15 is 0 Å². The highest BCUT2D eigenvalue weighted by Gasteiger charge is 2.35. The first-order chi connectivity index (χ1) is 14.9. The van der Waals surface area contributed by atoms with E-state index in [0.717, 1.165) is 38.5 Å². The molecule has 0 spiro atoms. The number of para-hydroxylation sites is 2. The van der Waals surface area contributed by atoms with E-state index in [-0.39, 0.29) is 36.7 Å². The first-order valence-corrected chi connectivity index (χ1v) is 11.5. The quantitative estimate of drug-likeness (QED) is 0.533. The van der Waals surface area contributed by atoms with Gasteiger partial charge in [0, 0.05) is 19.4 Å². The molecule has 2 amide bonds. The second-order valence-corrected chi connectivity index (χ2v) is 8.81. The second-order valence-electron chi connectivity index (χ2n) is 8.81. The maximum Gasteiger partial charge on any atom is 0.229 e. The van der Waals surface area contributed by atoms with Crippen LogP contribution >= 0.6 is 0 Å². The Morgan fingerprint density at radius 3 is 2.68 bits per heavy atom. The normalized spacial score (nSPS) is 17.8. The molecule has 1 aliphatic rings. The molecule has 0 aliphatic heterocycles. The summed E-state index contributed by atoms with van der Waals surface area (Å²) in [5, 5.41) is 17.2. The van der Waals surface area contributed by atoms with Crippen molar-refractivity contribution in [3.63, 3.8) is 0 Å². The molecule has 1 fully saturated rings. The van der Waals surface area contributed by atoms with E-state index in [1.165, 1.54) is 13.3 Å². The minimum Gasteiger partial charge on any atom is -0.437 e. The van der Waals surface area contributed by atoms with Crippen LogP contribution in [-0.2, 0) is 15.2 Å². The number of unbranched alkanes of at least 4 members (excludes halogenated alkanes) is 1. The number of aliphatic hydroxyl groups is 1. The van der Waals surface area contributed by atoms with Crippen molar-refractivity contribution < 1.29 is 19.1 Å². The fourth-order valence-corrected chi connectivity index (χ4v) is 4.46. The number of carbonyl (C=O) groups is 2. The number of aromatic nitrogens is 1. The molecule has 1 heterocycles. The Labute approximate surface area is 184 Å². The smallest absolute Gasteiger partial charge is 0.229 e. The van der Waals surface area contributed by atoms with Crippen LogP contribution in [0, 0.1) is 5.92 Å². The van der Waals surface area contributed by atoms with Crippen LogP contribution in [0.2, 0.25) is 0 Å². The fraction of sp³-hybridized carbons (Fsp3) is 0.625. The van der Waals surface area contributed by atoms with Gasteiger partial charge >= 0.3 is 0 Å². The van der Waals surface area contributed by atoms with Crippen LogP contribution in [0.3, 0.4) is 0 Å². The SMILES string of the molecule is CCCCC(O)(CNC(=O)CC(NC(C)=O)C1CCCCC1)c1nc2ccccc2o1. The minimum atomic E-state index is -1.38. The Morgan fingerprint density at radius 1 is 1.26 bits per heavy atom. The van der Waals surface area contributed by atoms with E-state index in [0.29, 0.717) is 23.4 Å². The van der Waals surface area contributed by atoms with Gasteiger partial charge in [-0.15, -0.1) is 0 Å². The lowest BCUT2D eigenvalue weighted by molar-refractivity contribution is -0.124. The number of rotatable bonds is 10. The maximum atomic E-state index is 12.8.